The van der Waals surface area contributed by atoms with E-state index in [0.717, 1.165) is 9.87 Å². The summed E-state index contributed by atoms with van der Waals surface area (Å²) in [5, 5.41) is 5.60. The van der Waals surface area contributed by atoms with Crippen LogP contribution in [0.25, 0.3) is 0 Å². The number of rotatable bonds is 12. The summed E-state index contributed by atoms with van der Waals surface area (Å²) in [4.78, 5) is 26.2. The highest BCUT2D eigenvalue weighted by Gasteiger charge is 2.28. The number of sulfonamides is 1. The summed E-state index contributed by atoms with van der Waals surface area (Å²) in [7, 11) is -1.39. The molecule has 0 saturated carbocycles. The molecule has 46 heavy (non-hydrogen) atoms. The number of hydrogen-bond acceptors (Lipinski definition) is 7. The van der Waals surface area contributed by atoms with Crippen molar-refractivity contribution in [2.24, 2.45) is 0 Å². The molecule has 0 aromatic heterocycles. The molecule has 11 heteroatoms. The van der Waals surface area contributed by atoms with Gasteiger partial charge in [0.15, 0.2) is 11.5 Å². The van der Waals surface area contributed by atoms with Gasteiger partial charge in [0, 0.05) is 23.0 Å². The summed E-state index contributed by atoms with van der Waals surface area (Å²) in [6.45, 7) is 8.05. The minimum Gasteiger partial charge on any atom is -0.494 e. The molecule has 4 aromatic rings. The van der Waals surface area contributed by atoms with Crippen molar-refractivity contribution in [1.29, 1.82) is 0 Å². The Morgan fingerprint density at radius 2 is 1.41 bits per heavy atom. The molecule has 0 atom stereocenters. The molecule has 2 amide bonds. The van der Waals surface area contributed by atoms with Crippen molar-refractivity contribution in [1.82, 2.24) is 0 Å². The fourth-order valence-corrected chi connectivity index (χ4v) is 6.06. The molecule has 0 saturated heterocycles. The van der Waals surface area contributed by atoms with Crippen LogP contribution in [0, 0.1) is 0 Å². The lowest BCUT2D eigenvalue weighted by Crippen LogP contribution is -2.38. The molecule has 0 aliphatic carbocycles. The number of nitrogens with zero attached hydrogens (tertiary/aromatic N) is 1. The van der Waals surface area contributed by atoms with Gasteiger partial charge in [-0.25, -0.2) is 8.42 Å². The van der Waals surface area contributed by atoms with Gasteiger partial charge in [0.2, 0.25) is 5.91 Å². The van der Waals surface area contributed by atoms with Gasteiger partial charge in [-0.2, -0.15) is 0 Å². The maximum absolute atomic E-state index is 14.0. The quantitative estimate of drug-likeness (QED) is 0.181. The first-order valence-electron chi connectivity index (χ1n) is 14.6. The lowest BCUT2D eigenvalue weighted by molar-refractivity contribution is -0.114. The Labute approximate surface area is 270 Å². The van der Waals surface area contributed by atoms with Gasteiger partial charge < -0.3 is 24.8 Å². The van der Waals surface area contributed by atoms with E-state index >= 15 is 0 Å². The normalized spacial score (nSPS) is 11.3. The van der Waals surface area contributed by atoms with Crippen LogP contribution in [0.2, 0.25) is 0 Å². The number of ether oxygens (including phenoxy) is 3. The van der Waals surface area contributed by atoms with Gasteiger partial charge in [-0.1, -0.05) is 39.0 Å². The Bertz CT molecular complexity index is 1780. The van der Waals surface area contributed by atoms with E-state index in [-0.39, 0.29) is 27.7 Å². The Morgan fingerprint density at radius 1 is 0.783 bits per heavy atom. The summed E-state index contributed by atoms with van der Waals surface area (Å²) >= 11 is 0. The van der Waals surface area contributed by atoms with Gasteiger partial charge in [0.25, 0.3) is 15.9 Å². The summed E-state index contributed by atoms with van der Waals surface area (Å²) in [5.41, 5.74) is 2.66. The highest BCUT2D eigenvalue weighted by Crippen LogP contribution is 2.33. The predicted octanol–water partition coefficient (Wildman–Crippen LogP) is 6.49. The zero-order valence-electron chi connectivity index (χ0n) is 26.8. The molecule has 2 N–H and O–H groups in total. The lowest BCUT2D eigenvalue weighted by Gasteiger charge is -2.25. The molecule has 0 heterocycles. The number of methoxy groups -OCH3 is 2. The Balaban J connectivity index is 1.56. The topological polar surface area (TPSA) is 123 Å². The average Bonchev–Trinajstić information content (AvgIpc) is 3.03. The number of anilines is 3. The summed E-state index contributed by atoms with van der Waals surface area (Å²) in [5.74, 6) is 0.248. The van der Waals surface area contributed by atoms with Crippen molar-refractivity contribution in [3.8, 4) is 17.2 Å². The van der Waals surface area contributed by atoms with Crippen LogP contribution in [0.5, 0.6) is 17.2 Å². The first-order valence-corrected chi connectivity index (χ1v) is 16.1. The van der Waals surface area contributed by atoms with Crippen LogP contribution in [0.3, 0.4) is 0 Å². The van der Waals surface area contributed by atoms with E-state index in [9.17, 15) is 18.0 Å². The molecule has 10 nitrogen and oxygen atoms in total. The first kappa shape index (κ1) is 33.9. The van der Waals surface area contributed by atoms with Crippen LogP contribution in [0.1, 0.15) is 43.6 Å². The van der Waals surface area contributed by atoms with Crippen molar-refractivity contribution < 1.29 is 32.2 Å². The van der Waals surface area contributed by atoms with Crippen LogP contribution in [-0.2, 0) is 20.2 Å². The van der Waals surface area contributed by atoms with Crippen LogP contribution in [-0.4, -0.2) is 47.6 Å². The molecule has 0 fully saturated rings. The van der Waals surface area contributed by atoms with Gasteiger partial charge in [0.1, 0.15) is 12.3 Å². The van der Waals surface area contributed by atoms with Crippen LogP contribution >= 0.6 is 0 Å². The number of amides is 2. The Kier molecular flexibility index (Phi) is 10.6. The highest BCUT2D eigenvalue weighted by molar-refractivity contribution is 7.92. The van der Waals surface area contributed by atoms with E-state index in [2.05, 4.69) is 31.4 Å². The van der Waals surface area contributed by atoms with Crippen LogP contribution < -0.4 is 29.1 Å². The Hall–Kier alpha value is -5.03. The second kappa shape index (κ2) is 14.4. The van der Waals surface area contributed by atoms with Crippen molar-refractivity contribution in [2.75, 3.05) is 42.3 Å². The van der Waals surface area contributed by atoms with E-state index in [1.807, 2.05) is 19.1 Å². The summed E-state index contributed by atoms with van der Waals surface area (Å²) in [6, 6.07) is 24.7. The molecular formula is C35H39N3O7S. The van der Waals surface area contributed by atoms with Gasteiger partial charge in [-0.05, 0) is 84.6 Å². The minimum atomic E-state index is -4.25. The second-order valence-electron chi connectivity index (χ2n) is 11.4. The number of benzene rings is 4. The monoisotopic (exact) mass is 645 g/mol. The summed E-state index contributed by atoms with van der Waals surface area (Å²) in [6.07, 6.45) is 0. The third kappa shape index (κ3) is 8.16. The fourth-order valence-electron chi connectivity index (χ4n) is 4.63. The third-order valence-electron chi connectivity index (χ3n) is 7.08. The zero-order valence-corrected chi connectivity index (χ0v) is 27.6. The van der Waals surface area contributed by atoms with Gasteiger partial charge in [-0.15, -0.1) is 0 Å². The van der Waals surface area contributed by atoms with Crippen LogP contribution in [0.4, 0.5) is 17.1 Å². The van der Waals surface area contributed by atoms with Gasteiger partial charge in [0.05, 0.1) is 31.4 Å². The second-order valence-corrected chi connectivity index (χ2v) is 13.2. The van der Waals surface area contributed by atoms with Crippen LogP contribution in [0.15, 0.2) is 95.9 Å². The predicted molar refractivity (Wildman–Crippen MR) is 180 cm³/mol. The fraction of sp³-hybridized carbons (Fsp3) is 0.257. The molecule has 4 rings (SSSR count). The van der Waals surface area contributed by atoms with E-state index in [1.54, 1.807) is 60.7 Å². The molecule has 0 radical (unpaired) electrons. The molecule has 0 aliphatic heterocycles. The van der Waals surface area contributed by atoms with Crippen molar-refractivity contribution in [2.45, 2.75) is 38.0 Å². The smallest absolute Gasteiger partial charge is 0.264 e. The standard InChI is InChI=1S/C35H39N3O7S/c1-7-45-29-17-15-28(16-18-29)38(46(41,42)30-19-20-31(43-5)32(22-30)44-6)23-33(39)36-26-9-8-10-27(21-26)37-34(40)24-11-13-25(14-12-24)35(2,3)4/h8-22H,7,23H2,1-6H3,(H,36,39)(H,37,40). The van der Waals surface area contributed by atoms with E-state index in [0.29, 0.717) is 35.0 Å². The number of hydrogen-bond donors (Lipinski definition) is 2. The third-order valence-corrected chi connectivity index (χ3v) is 8.85. The maximum Gasteiger partial charge on any atom is 0.264 e. The molecular weight excluding hydrogens is 606 g/mol. The molecule has 0 spiro atoms. The van der Waals surface area contributed by atoms with Crippen molar-refractivity contribution in [3.63, 3.8) is 0 Å². The number of carbonyl (C=O) groups excluding carboxylic acids is 2. The van der Waals surface area contributed by atoms with Crippen molar-refractivity contribution in [3.05, 3.63) is 102 Å². The highest BCUT2D eigenvalue weighted by atomic mass is 32.2. The number of carbonyl (C=O) groups is 2. The molecule has 4 aromatic carbocycles. The average molecular weight is 646 g/mol. The minimum absolute atomic E-state index is 0.0368. The van der Waals surface area contributed by atoms with Gasteiger partial charge >= 0.3 is 0 Å². The van der Waals surface area contributed by atoms with Crippen molar-refractivity contribution >= 4 is 38.9 Å². The maximum atomic E-state index is 14.0. The van der Waals surface area contributed by atoms with E-state index < -0.39 is 22.5 Å². The molecule has 242 valence electrons. The zero-order chi connectivity index (χ0) is 33.5. The van der Waals surface area contributed by atoms with E-state index in [4.69, 9.17) is 14.2 Å². The van der Waals surface area contributed by atoms with E-state index in [1.165, 1.54) is 32.4 Å². The largest absolute Gasteiger partial charge is 0.494 e. The summed E-state index contributed by atoms with van der Waals surface area (Å²) < 4.78 is 45.0. The molecule has 0 aliphatic rings. The first-order chi connectivity index (χ1) is 21.8. The molecule has 0 unspecified atom stereocenters. The Morgan fingerprint density at radius 3 is 2.00 bits per heavy atom. The molecule has 0 bridgehead atoms. The number of nitrogens with one attached hydrogen (secondary N) is 2. The van der Waals surface area contributed by atoms with Gasteiger partial charge in [-0.3, -0.25) is 13.9 Å². The SMILES string of the molecule is CCOc1ccc(N(CC(=O)Nc2cccc(NC(=O)c3ccc(C(C)(C)C)cc3)c2)S(=O)(=O)c2ccc(OC)c(OC)c2)cc1. The lowest BCUT2D eigenvalue weighted by atomic mass is 9.87.